The molecule has 0 saturated heterocycles. The number of fused-ring (bicyclic) bond motifs is 1. The number of methoxy groups -OCH3 is 1. The van der Waals surface area contributed by atoms with Crippen LogP contribution in [0.2, 0.25) is 5.02 Å². The highest BCUT2D eigenvalue weighted by molar-refractivity contribution is 7.14. The van der Waals surface area contributed by atoms with E-state index in [1.54, 1.807) is 31.4 Å². The van der Waals surface area contributed by atoms with E-state index in [4.69, 9.17) is 22.1 Å². The zero-order valence-corrected chi connectivity index (χ0v) is 17.1. The SMILES string of the molecule is COc1ccc(Nc2nc(-c3c(C(F)(F)F)nc4c(Cl)cc(CN)cn34)cs2)cc1. The van der Waals surface area contributed by atoms with Gasteiger partial charge in [-0.2, -0.15) is 13.2 Å². The number of rotatable bonds is 5. The predicted molar refractivity (Wildman–Crippen MR) is 110 cm³/mol. The van der Waals surface area contributed by atoms with Crippen LogP contribution in [-0.2, 0) is 12.7 Å². The molecule has 0 fully saturated rings. The third-order valence-electron chi connectivity index (χ3n) is 4.32. The molecule has 0 amide bonds. The number of hydrogen-bond acceptors (Lipinski definition) is 6. The average molecular weight is 454 g/mol. The van der Waals surface area contributed by atoms with Gasteiger partial charge in [0.1, 0.15) is 17.1 Å². The van der Waals surface area contributed by atoms with Crippen LogP contribution in [0.15, 0.2) is 41.9 Å². The van der Waals surface area contributed by atoms with Crippen molar-refractivity contribution in [3.05, 3.63) is 58.2 Å². The number of nitrogens with one attached hydrogen (secondary N) is 1. The normalized spacial score (nSPS) is 11.8. The number of alkyl halides is 3. The van der Waals surface area contributed by atoms with Crippen molar-refractivity contribution in [2.45, 2.75) is 12.7 Å². The zero-order chi connectivity index (χ0) is 21.5. The number of anilines is 2. The lowest BCUT2D eigenvalue weighted by atomic mass is 10.2. The number of thiazole rings is 1. The zero-order valence-electron chi connectivity index (χ0n) is 15.5. The van der Waals surface area contributed by atoms with Crippen molar-refractivity contribution in [3.63, 3.8) is 0 Å². The molecule has 1 aromatic carbocycles. The second kappa shape index (κ2) is 7.78. The second-order valence-electron chi connectivity index (χ2n) is 6.29. The largest absolute Gasteiger partial charge is 0.497 e. The van der Waals surface area contributed by atoms with Gasteiger partial charge in [0.25, 0.3) is 0 Å². The maximum atomic E-state index is 13.7. The number of nitrogens with zero attached hydrogens (tertiary/aromatic N) is 3. The van der Waals surface area contributed by atoms with Crippen LogP contribution in [0.3, 0.4) is 0 Å². The van der Waals surface area contributed by atoms with E-state index in [1.807, 2.05) is 0 Å². The van der Waals surface area contributed by atoms with Crippen LogP contribution >= 0.6 is 22.9 Å². The Bertz CT molecular complexity index is 1200. The molecule has 6 nitrogen and oxygen atoms in total. The first kappa shape index (κ1) is 20.5. The molecule has 0 atom stereocenters. The van der Waals surface area contributed by atoms with Crippen molar-refractivity contribution in [1.29, 1.82) is 0 Å². The lowest BCUT2D eigenvalue weighted by Gasteiger charge is -2.07. The summed E-state index contributed by atoms with van der Waals surface area (Å²) in [5.74, 6) is 0.688. The predicted octanol–water partition coefficient (Wildman–Crippen LogP) is 5.34. The third kappa shape index (κ3) is 3.81. The molecule has 0 saturated carbocycles. The number of nitrogens with two attached hydrogens (primary N) is 1. The number of pyridine rings is 1. The van der Waals surface area contributed by atoms with Crippen molar-refractivity contribution in [2.24, 2.45) is 5.73 Å². The first-order chi connectivity index (χ1) is 14.3. The van der Waals surface area contributed by atoms with Crippen LogP contribution < -0.4 is 15.8 Å². The minimum absolute atomic E-state index is 0.00569. The maximum absolute atomic E-state index is 13.7. The minimum Gasteiger partial charge on any atom is -0.497 e. The summed E-state index contributed by atoms with van der Waals surface area (Å²) in [7, 11) is 1.56. The van der Waals surface area contributed by atoms with Gasteiger partial charge in [-0.15, -0.1) is 11.3 Å². The molecular formula is C19H15ClF3N5OS. The van der Waals surface area contributed by atoms with Gasteiger partial charge in [0, 0.05) is 23.8 Å². The molecule has 3 heterocycles. The molecular weight excluding hydrogens is 439 g/mol. The minimum atomic E-state index is -4.68. The van der Waals surface area contributed by atoms with Crippen molar-refractivity contribution < 1.29 is 17.9 Å². The number of imidazole rings is 1. The van der Waals surface area contributed by atoms with E-state index in [-0.39, 0.29) is 28.6 Å². The highest BCUT2D eigenvalue weighted by Gasteiger charge is 2.39. The summed E-state index contributed by atoms with van der Waals surface area (Å²) in [5, 5.41) is 5.12. The quantitative estimate of drug-likeness (QED) is 0.426. The molecule has 0 bridgehead atoms. The number of ether oxygens (including phenoxy) is 1. The molecule has 0 aliphatic heterocycles. The number of hydrogen-bond donors (Lipinski definition) is 2. The van der Waals surface area contributed by atoms with Crippen LogP contribution in [0.5, 0.6) is 5.75 Å². The van der Waals surface area contributed by atoms with E-state index in [0.717, 1.165) is 5.69 Å². The summed E-state index contributed by atoms with van der Waals surface area (Å²) >= 11 is 7.33. The van der Waals surface area contributed by atoms with E-state index in [1.165, 1.54) is 33.4 Å². The fraction of sp³-hybridized carbons (Fsp3) is 0.158. The Morgan fingerprint density at radius 2 is 1.97 bits per heavy atom. The van der Waals surface area contributed by atoms with Gasteiger partial charge in [-0.1, -0.05) is 11.6 Å². The fourth-order valence-corrected chi connectivity index (χ4v) is 3.94. The van der Waals surface area contributed by atoms with Gasteiger partial charge in [-0.25, -0.2) is 9.97 Å². The molecule has 0 aliphatic rings. The fourth-order valence-electron chi connectivity index (χ4n) is 2.95. The highest BCUT2D eigenvalue weighted by atomic mass is 35.5. The van der Waals surface area contributed by atoms with Crippen LogP contribution in [0, 0.1) is 0 Å². The van der Waals surface area contributed by atoms with Gasteiger partial charge >= 0.3 is 6.18 Å². The summed E-state index contributed by atoms with van der Waals surface area (Å²) in [6.45, 7) is 0.121. The van der Waals surface area contributed by atoms with E-state index in [9.17, 15) is 13.2 Å². The smallest absolute Gasteiger partial charge is 0.435 e. The highest BCUT2D eigenvalue weighted by Crippen LogP contribution is 2.39. The lowest BCUT2D eigenvalue weighted by molar-refractivity contribution is -0.140. The lowest BCUT2D eigenvalue weighted by Crippen LogP contribution is -2.08. The van der Waals surface area contributed by atoms with E-state index in [0.29, 0.717) is 16.4 Å². The Morgan fingerprint density at radius 3 is 2.60 bits per heavy atom. The summed E-state index contributed by atoms with van der Waals surface area (Å²) in [6.07, 6.45) is -3.19. The van der Waals surface area contributed by atoms with Crippen molar-refractivity contribution in [2.75, 3.05) is 12.4 Å². The van der Waals surface area contributed by atoms with Gasteiger partial charge in [-0.05, 0) is 35.9 Å². The maximum Gasteiger partial charge on any atom is 0.435 e. The standard InChI is InChI=1S/C19H15ClF3N5OS/c1-29-12-4-2-11(3-5-12)25-18-26-14(9-30-18)15-16(19(21,22)23)27-17-13(20)6-10(7-24)8-28(15)17/h2-6,8-9H,7,24H2,1H3,(H,25,26). The first-order valence-electron chi connectivity index (χ1n) is 8.65. The molecule has 0 spiro atoms. The molecule has 3 N–H and O–H groups in total. The summed E-state index contributed by atoms with van der Waals surface area (Å²) in [6, 6.07) is 8.59. The van der Waals surface area contributed by atoms with Crippen molar-refractivity contribution in [1.82, 2.24) is 14.4 Å². The topological polar surface area (TPSA) is 77.5 Å². The van der Waals surface area contributed by atoms with Crippen LogP contribution in [0.25, 0.3) is 17.0 Å². The van der Waals surface area contributed by atoms with Gasteiger partial charge in [0.2, 0.25) is 0 Å². The van der Waals surface area contributed by atoms with Gasteiger partial charge in [-0.3, -0.25) is 4.40 Å². The number of benzene rings is 1. The van der Waals surface area contributed by atoms with Gasteiger partial charge in [0.15, 0.2) is 16.5 Å². The Hall–Kier alpha value is -2.82. The van der Waals surface area contributed by atoms with Gasteiger partial charge in [0.05, 0.1) is 12.1 Å². The number of aromatic nitrogens is 3. The molecule has 4 rings (SSSR count). The van der Waals surface area contributed by atoms with Crippen LogP contribution in [-0.4, -0.2) is 21.5 Å². The molecule has 11 heteroatoms. The molecule has 0 unspecified atom stereocenters. The third-order valence-corrected chi connectivity index (χ3v) is 5.36. The first-order valence-corrected chi connectivity index (χ1v) is 9.90. The number of halogens is 4. The molecule has 30 heavy (non-hydrogen) atoms. The monoisotopic (exact) mass is 453 g/mol. The summed E-state index contributed by atoms with van der Waals surface area (Å²) in [4.78, 5) is 8.08. The molecule has 0 radical (unpaired) electrons. The van der Waals surface area contributed by atoms with E-state index in [2.05, 4.69) is 15.3 Å². The van der Waals surface area contributed by atoms with Crippen molar-refractivity contribution in [3.8, 4) is 17.1 Å². The van der Waals surface area contributed by atoms with Gasteiger partial charge < -0.3 is 15.8 Å². The van der Waals surface area contributed by atoms with Crippen LogP contribution in [0.1, 0.15) is 11.3 Å². The summed E-state index contributed by atoms with van der Waals surface area (Å²) in [5.41, 5.74) is 5.83. The Labute approximate surface area is 178 Å². The second-order valence-corrected chi connectivity index (χ2v) is 7.56. The van der Waals surface area contributed by atoms with Crippen LogP contribution in [0.4, 0.5) is 24.0 Å². The summed E-state index contributed by atoms with van der Waals surface area (Å²) < 4.78 is 47.5. The Morgan fingerprint density at radius 1 is 1.23 bits per heavy atom. The van der Waals surface area contributed by atoms with Crippen molar-refractivity contribution >= 4 is 39.4 Å². The van der Waals surface area contributed by atoms with E-state index >= 15 is 0 Å². The molecule has 4 aromatic rings. The Kier molecular flexibility index (Phi) is 5.31. The molecule has 0 aliphatic carbocycles. The Balaban J connectivity index is 1.79. The van der Waals surface area contributed by atoms with E-state index < -0.39 is 11.9 Å². The molecule has 156 valence electrons. The molecule has 3 aromatic heterocycles. The average Bonchev–Trinajstić information content (AvgIpc) is 3.32.